The molecule has 104 valence electrons. The van der Waals surface area contributed by atoms with Gasteiger partial charge in [0.1, 0.15) is 11.8 Å². The summed E-state index contributed by atoms with van der Waals surface area (Å²) in [7, 11) is 0. The maximum absolute atomic E-state index is 11.5. The molecule has 0 bridgehead atoms. The first kappa shape index (κ1) is 15.0. The van der Waals surface area contributed by atoms with Crippen LogP contribution in [0.1, 0.15) is 12.0 Å². The van der Waals surface area contributed by atoms with Crippen molar-refractivity contribution in [2.75, 3.05) is 13.2 Å². The zero-order valence-electron chi connectivity index (χ0n) is 10.6. The second-order valence-corrected chi connectivity index (χ2v) is 4.08. The Kier molecular flexibility index (Phi) is 5.81. The van der Waals surface area contributed by atoms with Gasteiger partial charge in [-0.1, -0.05) is 12.1 Å². The molecular weight excluding hydrogens is 250 g/mol. The fourth-order valence-electron chi connectivity index (χ4n) is 1.48. The highest BCUT2D eigenvalue weighted by Crippen LogP contribution is 2.11. The summed E-state index contributed by atoms with van der Waals surface area (Å²) in [6.07, 6.45) is -0.0362. The summed E-state index contributed by atoms with van der Waals surface area (Å²) in [6, 6.07) is 6.08. The Morgan fingerprint density at radius 2 is 2.16 bits per heavy atom. The Bertz CT molecular complexity index is 446. The predicted octanol–water partition coefficient (Wildman–Crippen LogP) is 0.326. The van der Waals surface area contributed by atoms with Crippen molar-refractivity contribution in [2.45, 2.75) is 19.4 Å². The standard InChI is InChI=1S/C13H17NO5/c1-9-3-2-4-10(7-9)19-8-12(16)14-11(5-6-15)13(17)18/h2-4,7,11,15H,5-6,8H2,1H3,(H,14,16)(H,17,18). The Morgan fingerprint density at radius 1 is 1.42 bits per heavy atom. The molecule has 0 fully saturated rings. The zero-order valence-corrected chi connectivity index (χ0v) is 10.6. The molecule has 0 aromatic heterocycles. The number of aryl methyl sites for hydroxylation is 1. The predicted molar refractivity (Wildman–Crippen MR) is 67.9 cm³/mol. The van der Waals surface area contributed by atoms with Crippen molar-refractivity contribution in [3.8, 4) is 5.75 Å². The first-order chi connectivity index (χ1) is 9.02. The summed E-state index contributed by atoms with van der Waals surface area (Å²) in [5, 5.41) is 19.8. The summed E-state index contributed by atoms with van der Waals surface area (Å²) >= 11 is 0. The minimum absolute atomic E-state index is 0.0362. The third kappa shape index (κ3) is 5.39. The van der Waals surface area contributed by atoms with E-state index in [2.05, 4.69) is 5.32 Å². The molecule has 1 amide bonds. The molecule has 1 aromatic carbocycles. The van der Waals surface area contributed by atoms with E-state index in [0.717, 1.165) is 5.56 Å². The number of carbonyl (C=O) groups excluding carboxylic acids is 1. The van der Waals surface area contributed by atoms with E-state index in [1.807, 2.05) is 13.0 Å². The molecule has 0 aliphatic rings. The van der Waals surface area contributed by atoms with Gasteiger partial charge in [0.2, 0.25) is 0 Å². The van der Waals surface area contributed by atoms with Crippen LogP contribution < -0.4 is 10.1 Å². The molecule has 0 aliphatic heterocycles. The number of nitrogens with one attached hydrogen (secondary N) is 1. The molecule has 1 aromatic rings. The van der Waals surface area contributed by atoms with Crippen LogP contribution >= 0.6 is 0 Å². The van der Waals surface area contributed by atoms with Crippen LogP contribution in [0.5, 0.6) is 5.75 Å². The Hall–Kier alpha value is -2.08. The second-order valence-electron chi connectivity index (χ2n) is 4.08. The van der Waals surface area contributed by atoms with Gasteiger partial charge in [-0.25, -0.2) is 4.79 Å². The van der Waals surface area contributed by atoms with Gasteiger partial charge in [0.05, 0.1) is 0 Å². The largest absolute Gasteiger partial charge is 0.484 e. The number of rotatable bonds is 7. The second kappa shape index (κ2) is 7.38. The van der Waals surface area contributed by atoms with Gasteiger partial charge in [-0.2, -0.15) is 0 Å². The van der Waals surface area contributed by atoms with Gasteiger partial charge in [0.25, 0.3) is 5.91 Å². The zero-order chi connectivity index (χ0) is 14.3. The summed E-state index contributed by atoms with van der Waals surface area (Å²) < 4.78 is 5.24. The lowest BCUT2D eigenvalue weighted by Gasteiger charge is -2.13. The van der Waals surface area contributed by atoms with E-state index in [1.54, 1.807) is 18.2 Å². The lowest BCUT2D eigenvalue weighted by atomic mass is 10.2. The van der Waals surface area contributed by atoms with Gasteiger partial charge in [-0.15, -0.1) is 0 Å². The van der Waals surface area contributed by atoms with E-state index in [1.165, 1.54) is 0 Å². The van der Waals surface area contributed by atoms with Crippen LogP contribution in [0.15, 0.2) is 24.3 Å². The number of aliphatic carboxylic acids is 1. The fourth-order valence-corrected chi connectivity index (χ4v) is 1.48. The molecule has 6 nitrogen and oxygen atoms in total. The van der Waals surface area contributed by atoms with E-state index < -0.39 is 17.9 Å². The Morgan fingerprint density at radius 3 is 2.74 bits per heavy atom. The average Bonchev–Trinajstić information content (AvgIpc) is 2.36. The Balaban J connectivity index is 2.44. The number of carbonyl (C=O) groups is 2. The van der Waals surface area contributed by atoms with Gasteiger partial charge >= 0.3 is 5.97 Å². The quantitative estimate of drug-likeness (QED) is 0.661. The minimum atomic E-state index is -1.18. The van der Waals surface area contributed by atoms with Gasteiger partial charge in [0.15, 0.2) is 6.61 Å². The van der Waals surface area contributed by atoms with Crippen molar-refractivity contribution in [1.29, 1.82) is 0 Å². The van der Waals surface area contributed by atoms with Crippen LogP contribution in [-0.2, 0) is 9.59 Å². The topological polar surface area (TPSA) is 95.9 Å². The fraction of sp³-hybridized carbons (Fsp3) is 0.385. The molecule has 19 heavy (non-hydrogen) atoms. The Labute approximate surface area is 111 Å². The van der Waals surface area contributed by atoms with E-state index in [-0.39, 0.29) is 19.6 Å². The van der Waals surface area contributed by atoms with Crippen LogP contribution in [-0.4, -0.2) is 41.3 Å². The molecule has 0 radical (unpaired) electrons. The number of hydrogen-bond donors (Lipinski definition) is 3. The highest BCUT2D eigenvalue weighted by Gasteiger charge is 2.19. The van der Waals surface area contributed by atoms with Crippen molar-refractivity contribution in [3.05, 3.63) is 29.8 Å². The molecule has 0 saturated heterocycles. The van der Waals surface area contributed by atoms with E-state index in [9.17, 15) is 9.59 Å². The van der Waals surface area contributed by atoms with Crippen molar-refractivity contribution >= 4 is 11.9 Å². The van der Waals surface area contributed by atoms with E-state index in [4.69, 9.17) is 14.9 Å². The molecular formula is C13H17NO5. The van der Waals surface area contributed by atoms with Crippen LogP contribution in [0, 0.1) is 6.92 Å². The number of ether oxygens (including phenoxy) is 1. The van der Waals surface area contributed by atoms with E-state index in [0.29, 0.717) is 5.75 Å². The molecule has 0 spiro atoms. The molecule has 0 heterocycles. The number of aliphatic hydroxyl groups excluding tert-OH is 1. The minimum Gasteiger partial charge on any atom is -0.484 e. The lowest BCUT2D eigenvalue weighted by Crippen LogP contribution is -2.43. The highest BCUT2D eigenvalue weighted by atomic mass is 16.5. The number of amides is 1. The third-order valence-corrected chi connectivity index (χ3v) is 2.41. The van der Waals surface area contributed by atoms with Gasteiger partial charge in [-0.3, -0.25) is 4.79 Å². The molecule has 1 atom stereocenters. The monoisotopic (exact) mass is 267 g/mol. The molecule has 3 N–H and O–H groups in total. The SMILES string of the molecule is Cc1cccc(OCC(=O)NC(CCO)C(=O)O)c1. The number of carboxylic acid groups (broad SMARTS) is 1. The average molecular weight is 267 g/mol. The molecule has 1 unspecified atom stereocenters. The van der Waals surface area contributed by atoms with Crippen LogP contribution in [0.4, 0.5) is 0 Å². The summed E-state index contributed by atoms with van der Waals surface area (Å²) in [5.41, 5.74) is 1.00. The maximum Gasteiger partial charge on any atom is 0.326 e. The van der Waals surface area contributed by atoms with Crippen LogP contribution in [0.2, 0.25) is 0 Å². The highest BCUT2D eigenvalue weighted by molar-refractivity contribution is 5.84. The van der Waals surface area contributed by atoms with Crippen LogP contribution in [0.3, 0.4) is 0 Å². The summed E-state index contributed by atoms with van der Waals surface area (Å²) in [6.45, 7) is 1.32. The molecule has 0 saturated carbocycles. The molecule has 1 rings (SSSR count). The molecule has 0 aliphatic carbocycles. The third-order valence-electron chi connectivity index (χ3n) is 2.41. The van der Waals surface area contributed by atoms with Crippen molar-refractivity contribution in [3.63, 3.8) is 0 Å². The van der Waals surface area contributed by atoms with Crippen LogP contribution in [0.25, 0.3) is 0 Å². The molecule has 6 heteroatoms. The van der Waals surface area contributed by atoms with Crippen molar-refractivity contribution in [1.82, 2.24) is 5.32 Å². The lowest BCUT2D eigenvalue weighted by molar-refractivity contribution is -0.142. The smallest absolute Gasteiger partial charge is 0.326 e. The van der Waals surface area contributed by atoms with Gasteiger partial charge in [0, 0.05) is 13.0 Å². The summed E-state index contributed by atoms with van der Waals surface area (Å²) in [4.78, 5) is 22.3. The number of carboxylic acids is 1. The number of hydrogen-bond acceptors (Lipinski definition) is 4. The van der Waals surface area contributed by atoms with Gasteiger partial charge in [-0.05, 0) is 24.6 Å². The van der Waals surface area contributed by atoms with E-state index >= 15 is 0 Å². The maximum atomic E-state index is 11.5. The van der Waals surface area contributed by atoms with Crippen molar-refractivity contribution < 1.29 is 24.5 Å². The first-order valence-corrected chi connectivity index (χ1v) is 5.85. The number of aliphatic hydroxyl groups is 1. The normalized spacial score (nSPS) is 11.7. The van der Waals surface area contributed by atoms with Crippen molar-refractivity contribution in [2.24, 2.45) is 0 Å². The van der Waals surface area contributed by atoms with Gasteiger partial charge < -0.3 is 20.3 Å². The summed E-state index contributed by atoms with van der Waals surface area (Å²) in [5.74, 6) is -1.18. The first-order valence-electron chi connectivity index (χ1n) is 5.85. The number of benzene rings is 1.